The van der Waals surface area contributed by atoms with Crippen LogP contribution < -0.4 is 10.5 Å². The molecule has 0 aromatic heterocycles. The van der Waals surface area contributed by atoms with Crippen LogP contribution in [-0.2, 0) is 25.9 Å². The van der Waals surface area contributed by atoms with Gasteiger partial charge in [-0.25, -0.2) is 0 Å². The molecule has 0 fully saturated rings. The topological polar surface area (TPSA) is 35.2 Å². The average Bonchev–Trinajstić information content (AvgIpc) is 2.54. The number of benzene rings is 2. The summed E-state index contributed by atoms with van der Waals surface area (Å²) in [5, 5.41) is 0. The van der Waals surface area contributed by atoms with E-state index in [4.69, 9.17) is 10.5 Å². The fourth-order valence-electron chi connectivity index (χ4n) is 2.94. The van der Waals surface area contributed by atoms with Crippen molar-refractivity contribution in [3.63, 3.8) is 0 Å². The van der Waals surface area contributed by atoms with E-state index in [0.717, 1.165) is 12.2 Å². The number of nitrogens with two attached hydrogens (primary N) is 1. The van der Waals surface area contributed by atoms with E-state index in [0.29, 0.717) is 13.2 Å². The molecule has 3 rings (SSSR count). The van der Waals surface area contributed by atoms with Crippen molar-refractivity contribution in [2.24, 2.45) is 5.73 Å². The highest BCUT2D eigenvalue weighted by Crippen LogP contribution is 2.25. The minimum absolute atomic E-state index is 0.627. The molecule has 0 atom stereocenters. The highest BCUT2D eigenvalue weighted by atomic mass is 16.5. The third-order valence-electron chi connectivity index (χ3n) is 4.18. The van der Waals surface area contributed by atoms with Gasteiger partial charge in [0.1, 0.15) is 12.4 Å². The second-order valence-corrected chi connectivity index (χ2v) is 5.78. The van der Waals surface area contributed by atoms with Crippen molar-refractivity contribution >= 4 is 0 Å². The van der Waals surface area contributed by atoms with E-state index in [1.54, 1.807) is 0 Å². The standard InChI is InChI=1S/C19H23NO/c20-12-11-15-5-7-16(8-6-15)14-21-19-10-9-17-3-1-2-4-18(17)13-19/h5-10,13H,1-4,11-12,14,20H2. The first kappa shape index (κ1) is 14.2. The van der Waals surface area contributed by atoms with E-state index in [1.807, 2.05) is 0 Å². The quantitative estimate of drug-likeness (QED) is 0.908. The molecule has 0 spiro atoms. The van der Waals surface area contributed by atoms with Gasteiger partial charge in [0.15, 0.2) is 0 Å². The molecule has 0 unspecified atom stereocenters. The molecule has 0 saturated heterocycles. The van der Waals surface area contributed by atoms with Crippen LogP contribution in [0.2, 0.25) is 0 Å². The lowest BCUT2D eigenvalue weighted by Crippen LogP contribution is -2.04. The maximum Gasteiger partial charge on any atom is 0.120 e. The number of aryl methyl sites for hydroxylation is 2. The van der Waals surface area contributed by atoms with Crippen molar-refractivity contribution < 1.29 is 4.74 Å². The third kappa shape index (κ3) is 3.64. The molecule has 2 nitrogen and oxygen atoms in total. The van der Waals surface area contributed by atoms with Crippen molar-refractivity contribution in [1.82, 2.24) is 0 Å². The molecule has 110 valence electrons. The van der Waals surface area contributed by atoms with Gasteiger partial charge in [-0.3, -0.25) is 0 Å². The Morgan fingerprint density at radius 1 is 0.857 bits per heavy atom. The molecule has 0 bridgehead atoms. The van der Waals surface area contributed by atoms with Crippen molar-refractivity contribution in [1.29, 1.82) is 0 Å². The molecule has 1 aliphatic rings. The van der Waals surface area contributed by atoms with E-state index in [1.165, 1.54) is 47.9 Å². The highest BCUT2D eigenvalue weighted by Gasteiger charge is 2.09. The summed E-state index contributed by atoms with van der Waals surface area (Å²) >= 11 is 0. The summed E-state index contributed by atoms with van der Waals surface area (Å²) in [5.74, 6) is 0.988. The van der Waals surface area contributed by atoms with Crippen molar-refractivity contribution in [2.45, 2.75) is 38.7 Å². The number of fused-ring (bicyclic) bond motifs is 1. The van der Waals surface area contributed by atoms with Crippen LogP contribution in [0, 0.1) is 0 Å². The van der Waals surface area contributed by atoms with E-state index in [2.05, 4.69) is 42.5 Å². The number of ether oxygens (including phenoxy) is 1. The Morgan fingerprint density at radius 3 is 2.33 bits per heavy atom. The molecular weight excluding hydrogens is 258 g/mol. The highest BCUT2D eigenvalue weighted by molar-refractivity contribution is 5.37. The van der Waals surface area contributed by atoms with Gasteiger partial charge in [-0.15, -0.1) is 0 Å². The fourth-order valence-corrected chi connectivity index (χ4v) is 2.94. The summed E-state index contributed by atoms with van der Waals surface area (Å²) in [5.41, 5.74) is 11.0. The molecule has 0 amide bonds. The molecular formula is C19H23NO. The summed E-state index contributed by atoms with van der Waals surface area (Å²) in [6.07, 6.45) is 5.98. The molecule has 21 heavy (non-hydrogen) atoms. The monoisotopic (exact) mass is 281 g/mol. The summed E-state index contributed by atoms with van der Waals surface area (Å²) < 4.78 is 5.93. The van der Waals surface area contributed by atoms with Crippen molar-refractivity contribution in [3.05, 3.63) is 64.7 Å². The normalized spacial score (nSPS) is 13.8. The van der Waals surface area contributed by atoms with Crippen LogP contribution in [-0.4, -0.2) is 6.54 Å². The Balaban J connectivity index is 1.61. The predicted octanol–water partition coefficient (Wildman–Crippen LogP) is 3.65. The summed E-state index contributed by atoms with van der Waals surface area (Å²) in [4.78, 5) is 0. The molecule has 2 heteroatoms. The van der Waals surface area contributed by atoms with Gasteiger partial charge in [-0.2, -0.15) is 0 Å². The maximum absolute atomic E-state index is 5.93. The lowest BCUT2D eigenvalue weighted by molar-refractivity contribution is 0.305. The first-order valence-electron chi connectivity index (χ1n) is 7.87. The van der Waals surface area contributed by atoms with Gasteiger partial charge in [-0.1, -0.05) is 30.3 Å². The van der Waals surface area contributed by atoms with Crippen LogP contribution in [0.5, 0.6) is 5.75 Å². The number of rotatable bonds is 5. The van der Waals surface area contributed by atoms with Gasteiger partial charge in [-0.05, 0) is 73.0 Å². The zero-order valence-corrected chi connectivity index (χ0v) is 12.5. The second kappa shape index (κ2) is 6.77. The molecule has 0 aliphatic heterocycles. The lowest BCUT2D eigenvalue weighted by atomic mass is 9.92. The first-order valence-corrected chi connectivity index (χ1v) is 7.87. The van der Waals surface area contributed by atoms with Crippen molar-refractivity contribution in [3.8, 4) is 5.75 Å². The van der Waals surface area contributed by atoms with Crippen LogP contribution >= 0.6 is 0 Å². The smallest absolute Gasteiger partial charge is 0.120 e. The Bertz CT molecular complexity index is 589. The van der Waals surface area contributed by atoms with Gasteiger partial charge < -0.3 is 10.5 Å². The Morgan fingerprint density at radius 2 is 1.57 bits per heavy atom. The van der Waals surface area contributed by atoms with Crippen LogP contribution in [0.15, 0.2) is 42.5 Å². The predicted molar refractivity (Wildman–Crippen MR) is 86.6 cm³/mol. The van der Waals surface area contributed by atoms with Gasteiger partial charge in [0.05, 0.1) is 0 Å². The Hall–Kier alpha value is -1.80. The largest absolute Gasteiger partial charge is 0.489 e. The molecule has 2 aromatic carbocycles. The minimum atomic E-state index is 0.627. The Kier molecular flexibility index (Phi) is 4.56. The fraction of sp³-hybridized carbons (Fsp3) is 0.368. The van der Waals surface area contributed by atoms with Crippen LogP contribution in [0.4, 0.5) is 0 Å². The molecule has 0 heterocycles. The van der Waals surface area contributed by atoms with Gasteiger partial charge in [0.25, 0.3) is 0 Å². The molecule has 1 aliphatic carbocycles. The molecule has 0 saturated carbocycles. The van der Waals surface area contributed by atoms with E-state index in [9.17, 15) is 0 Å². The van der Waals surface area contributed by atoms with E-state index >= 15 is 0 Å². The second-order valence-electron chi connectivity index (χ2n) is 5.78. The minimum Gasteiger partial charge on any atom is -0.489 e. The van der Waals surface area contributed by atoms with E-state index < -0.39 is 0 Å². The summed E-state index contributed by atoms with van der Waals surface area (Å²) in [7, 11) is 0. The SMILES string of the molecule is NCCc1ccc(COc2ccc3c(c2)CCCC3)cc1. The van der Waals surface area contributed by atoms with Crippen LogP contribution in [0.3, 0.4) is 0 Å². The van der Waals surface area contributed by atoms with Crippen LogP contribution in [0.1, 0.15) is 35.1 Å². The maximum atomic E-state index is 5.93. The summed E-state index contributed by atoms with van der Waals surface area (Å²) in [6, 6.07) is 15.1. The Labute approximate surface area is 126 Å². The zero-order chi connectivity index (χ0) is 14.5. The van der Waals surface area contributed by atoms with Gasteiger partial charge in [0.2, 0.25) is 0 Å². The van der Waals surface area contributed by atoms with Crippen LogP contribution in [0.25, 0.3) is 0 Å². The number of hydrogen-bond donors (Lipinski definition) is 1. The summed E-state index contributed by atoms with van der Waals surface area (Å²) in [6.45, 7) is 1.33. The van der Waals surface area contributed by atoms with Crippen molar-refractivity contribution in [2.75, 3.05) is 6.54 Å². The molecule has 0 radical (unpaired) electrons. The van der Waals surface area contributed by atoms with Gasteiger partial charge >= 0.3 is 0 Å². The lowest BCUT2D eigenvalue weighted by Gasteiger charge is -2.16. The third-order valence-corrected chi connectivity index (χ3v) is 4.18. The number of hydrogen-bond acceptors (Lipinski definition) is 2. The molecule has 2 aromatic rings. The molecule has 2 N–H and O–H groups in total. The average molecular weight is 281 g/mol. The first-order chi connectivity index (χ1) is 10.3. The zero-order valence-electron chi connectivity index (χ0n) is 12.5. The van der Waals surface area contributed by atoms with Gasteiger partial charge in [0, 0.05) is 0 Å². The van der Waals surface area contributed by atoms with E-state index in [-0.39, 0.29) is 0 Å².